The van der Waals surface area contributed by atoms with Gasteiger partial charge in [0, 0.05) is 18.9 Å². The van der Waals surface area contributed by atoms with Gasteiger partial charge in [-0.05, 0) is 18.1 Å². The summed E-state index contributed by atoms with van der Waals surface area (Å²) < 4.78 is 6.46. The molecule has 0 radical (unpaired) electrons. The quantitative estimate of drug-likeness (QED) is 0.752. The number of carbonyl (C=O) groups excluding carboxylic acids is 1. The predicted molar refractivity (Wildman–Crippen MR) is 60.9 cm³/mol. The van der Waals surface area contributed by atoms with Gasteiger partial charge < -0.3 is 14.4 Å². The first-order chi connectivity index (χ1) is 7.67. The Morgan fingerprint density at radius 3 is 3.00 bits per heavy atom. The molecule has 0 bridgehead atoms. The van der Waals surface area contributed by atoms with E-state index in [1.165, 1.54) is 7.11 Å². The van der Waals surface area contributed by atoms with E-state index in [2.05, 4.69) is 4.74 Å². The zero-order chi connectivity index (χ0) is 12.0. The van der Waals surface area contributed by atoms with Crippen LogP contribution < -0.4 is 0 Å². The normalized spacial score (nSPS) is 12.4. The summed E-state index contributed by atoms with van der Waals surface area (Å²) in [5.74, 6) is -0.218. The van der Waals surface area contributed by atoms with Crippen molar-refractivity contribution >= 4 is 5.97 Å². The number of hydrogen-bond acceptors (Lipinski definition) is 3. The number of nitrogens with zero attached hydrogens (tertiary/aromatic N) is 1. The van der Waals surface area contributed by atoms with Gasteiger partial charge in [0.2, 0.25) is 0 Å². The van der Waals surface area contributed by atoms with Crippen LogP contribution in [0.5, 0.6) is 0 Å². The Bertz CT molecular complexity index is 333. The Morgan fingerprint density at radius 2 is 2.38 bits per heavy atom. The van der Waals surface area contributed by atoms with E-state index in [0.29, 0.717) is 13.0 Å². The second kappa shape index (κ2) is 6.33. The SMILES string of the molecule is CCCC(O)c1ccn(CCC(=O)OC)c1. The molecule has 1 aromatic rings. The predicted octanol–water partition coefficient (Wildman–Crippen LogP) is 1.88. The first kappa shape index (κ1) is 12.8. The number of hydrogen-bond donors (Lipinski definition) is 1. The summed E-state index contributed by atoms with van der Waals surface area (Å²) in [5.41, 5.74) is 0.909. The number of methoxy groups -OCH3 is 1. The minimum atomic E-state index is -0.399. The molecule has 0 saturated carbocycles. The topological polar surface area (TPSA) is 51.5 Å². The summed E-state index contributed by atoms with van der Waals surface area (Å²) in [6.45, 7) is 2.63. The van der Waals surface area contributed by atoms with Crippen molar-refractivity contribution in [3.8, 4) is 0 Å². The van der Waals surface area contributed by atoms with E-state index in [0.717, 1.165) is 18.4 Å². The molecule has 0 spiro atoms. The molecule has 1 rings (SSSR count). The van der Waals surface area contributed by atoms with Gasteiger partial charge in [-0.15, -0.1) is 0 Å². The van der Waals surface area contributed by atoms with Gasteiger partial charge in [-0.25, -0.2) is 0 Å². The second-order valence-corrected chi connectivity index (χ2v) is 3.81. The fraction of sp³-hybridized carbons (Fsp3) is 0.583. The Labute approximate surface area is 95.8 Å². The highest BCUT2D eigenvalue weighted by atomic mass is 16.5. The van der Waals surface area contributed by atoms with Crippen LogP contribution in [-0.4, -0.2) is 22.8 Å². The van der Waals surface area contributed by atoms with E-state index >= 15 is 0 Å². The number of carbonyl (C=O) groups is 1. The lowest BCUT2D eigenvalue weighted by molar-refractivity contribution is -0.140. The minimum Gasteiger partial charge on any atom is -0.469 e. The Morgan fingerprint density at radius 1 is 1.62 bits per heavy atom. The maximum atomic E-state index is 10.9. The van der Waals surface area contributed by atoms with E-state index in [1.807, 2.05) is 30.0 Å². The molecular formula is C12H19NO3. The van der Waals surface area contributed by atoms with Crippen LogP contribution in [0, 0.1) is 0 Å². The first-order valence-electron chi connectivity index (χ1n) is 5.58. The number of ether oxygens (including phenoxy) is 1. The lowest BCUT2D eigenvalue weighted by Crippen LogP contribution is -2.05. The molecule has 0 aromatic carbocycles. The summed E-state index contributed by atoms with van der Waals surface area (Å²) in [6.07, 6.45) is 5.43. The number of aliphatic hydroxyl groups is 1. The lowest BCUT2D eigenvalue weighted by Gasteiger charge is -2.06. The highest BCUT2D eigenvalue weighted by Gasteiger charge is 2.08. The van der Waals surface area contributed by atoms with Crippen LogP contribution in [0.3, 0.4) is 0 Å². The van der Waals surface area contributed by atoms with Crippen LogP contribution in [0.15, 0.2) is 18.5 Å². The molecule has 0 aliphatic rings. The number of aryl methyl sites for hydroxylation is 1. The molecule has 4 heteroatoms. The second-order valence-electron chi connectivity index (χ2n) is 3.81. The molecule has 0 aliphatic carbocycles. The molecular weight excluding hydrogens is 206 g/mol. The number of esters is 1. The summed E-state index contributed by atoms with van der Waals surface area (Å²) in [6, 6.07) is 1.89. The third-order valence-electron chi connectivity index (χ3n) is 2.52. The summed E-state index contributed by atoms with van der Waals surface area (Å²) in [4.78, 5) is 10.9. The fourth-order valence-corrected chi connectivity index (χ4v) is 1.56. The van der Waals surface area contributed by atoms with Crippen molar-refractivity contribution in [2.24, 2.45) is 0 Å². The molecule has 1 atom stereocenters. The van der Waals surface area contributed by atoms with E-state index in [9.17, 15) is 9.90 Å². The molecule has 1 heterocycles. The molecule has 4 nitrogen and oxygen atoms in total. The Hall–Kier alpha value is -1.29. The zero-order valence-electron chi connectivity index (χ0n) is 9.85. The van der Waals surface area contributed by atoms with Crippen molar-refractivity contribution in [2.45, 2.75) is 38.8 Å². The van der Waals surface area contributed by atoms with Crippen LogP contribution in [0.4, 0.5) is 0 Å². The molecule has 1 aromatic heterocycles. The van der Waals surface area contributed by atoms with Crippen molar-refractivity contribution in [3.63, 3.8) is 0 Å². The van der Waals surface area contributed by atoms with Gasteiger partial charge in [-0.1, -0.05) is 13.3 Å². The number of aromatic nitrogens is 1. The van der Waals surface area contributed by atoms with Gasteiger partial charge >= 0.3 is 5.97 Å². The third kappa shape index (κ3) is 3.70. The molecule has 0 aliphatic heterocycles. The van der Waals surface area contributed by atoms with E-state index in [4.69, 9.17) is 0 Å². The van der Waals surface area contributed by atoms with Crippen molar-refractivity contribution in [2.75, 3.05) is 7.11 Å². The van der Waals surface area contributed by atoms with E-state index in [-0.39, 0.29) is 5.97 Å². The lowest BCUT2D eigenvalue weighted by atomic mass is 10.1. The average Bonchev–Trinajstić information content (AvgIpc) is 2.75. The monoisotopic (exact) mass is 225 g/mol. The van der Waals surface area contributed by atoms with Gasteiger partial charge in [-0.2, -0.15) is 0 Å². The van der Waals surface area contributed by atoms with Gasteiger partial charge in [0.15, 0.2) is 0 Å². The maximum absolute atomic E-state index is 10.9. The van der Waals surface area contributed by atoms with Crippen LogP contribution >= 0.6 is 0 Å². The molecule has 16 heavy (non-hydrogen) atoms. The minimum absolute atomic E-state index is 0.218. The van der Waals surface area contributed by atoms with Crippen molar-refractivity contribution in [3.05, 3.63) is 24.0 Å². The largest absolute Gasteiger partial charge is 0.469 e. The van der Waals surface area contributed by atoms with Gasteiger partial charge in [0.25, 0.3) is 0 Å². The van der Waals surface area contributed by atoms with Gasteiger partial charge in [0.05, 0.1) is 19.6 Å². The first-order valence-corrected chi connectivity index (χ1v) is 5.58. The van der Waals surface area contributed by atoms with Gasteiger partial charge in [-0.3, -0.25) is 4.79 Å². The summed E-state index contributed by atoms with van der Waals surface area (Å²) in [7, 11) is 1.38. The summed E-state index contributed by atoms with van der Waals surface area (Å²) in [5, 5.41) is 9.75. The zero-order valence-corrected chi connectivity index (χ0v) is 9.85. The van der Waals surface area contributed by atoms with E-state index in [1.54, 1.807) is 0 Å². The Kier molecular flexibility index (Phi) is 5.05. The Balaban J connectivity index is 2.48. The molecule has 0 fully saturated rings. The van der Waals surface area contributed by atoms with E-state index < -0.39 is 6.10 Å². The molecule has 1 unspecified atom stereocenters. The number of rotatable bonds is 6. The maximum Gasteiger partial charge on any atom is 0.307 e. The van der Waals surface area contributed by atoms with Crippen LogP contribution in [-0.2, 0) is 16.1 Å². The van der Waals surface area contributed by atoms with Crippen LogP contribution in [0.2, 0.25) is 0 Å². The highest BCUT2D eigenvalue weighted by Crippen LogP contribution is 2.18. The van der Waals surface area contributed by atoms with Gasteiger partial charge in [0.1, 0.15) is 0 Å². The molecule has 0 saturated heterocycles. The third-order valence-corrected chi connectivity index (χ3v) is 2.52. The van der Waals surface area contributed by atoms with Crippen molar-refractivity contribution in [1.82, 2.24) is 4.57 Å². The van der Waals surface area contributed by atoms with Crippen LogP contribution in [0.1, 0.15) is 37.9 Å². The highest BCUT2D eigenvalue weighted by molar-refractivity contribution is 5.68. The molecule has 1 N–H and O–H groups in total. The van der Waals surface area contributed by atoms with Crippen molar-refractivity contribution in [1.29, 1.82) is 0 Å². The standard InChI is InChI=1S/C12H19NO3/c1-3-4-11(14)10-5-7-13(9-10)8-6-12(15)16-2/h5,7,9,11,14H,3-4,6,8H2,1-2H3. The smallest absolute Gasteiger partial charge is 0.307 e. The average molecular weight is 225 g/mol. The number of aliphatic hydroxyl groups excluding tert-OH is 1. The molecule has 0 amide bonds. The fourth-order valence-electron chi connectivity index (χ4n) is 1.56. The molecule has 90 valence electrons. The van der Waals surface area contributed by atoms with Crippen LogP contribution in [0.25, 0.3) is 0 Å². The van der Waals surface area contributed by atoms with Crippen molar-refractivity contribution < 1.29 is 14.6 Å². The summed E-state index contributed by atoms with van der Waals surface area (Å²) >= 11 is 0.